The summed E-state index contributed by atoms with van der Waals surface area (Å²) in [6, 6.07) is 8.48. The average Bonchev–Trinajstić information content (AvgIpc) is 3.03. The molecule has 2 bridgehead atoms. The number of aromatic nitrogens is 1. The number of amides is 1. The van der Waals surface area contributed by atoms with Crippen LogP contribution in [0.5, 0.6) is 0 Å². The number of allylic oxidation sites excluding steroid dienone is 1. The number of aliphatic hydroxyl groups excluding tert-OH is 1. The molecule has 1 amide bonds. The van der Waals surface area contributed by atoms with Crippen LogP contribution in [-0.2, 0) is 21.4 Å². The summed E-state index contributed by atoms with van der Waals surface area (Å²) in [5, 5.41) is 10.3. The van der Waals surface area contributed by atoms with Crippen LogP contribution in [0, 0.1) is 18.8 Å². The van der Waals surface area contributed by atoms with E-state index in [-0.39, 0.29) is 29.5 Å². The Morgan fingerprint density at radius 2 is 1.91 bits per heavy atom. The molecule has 0 spiro atoms. The van der Waals surface area contributed by atoms with E-state index in [1.165, 1.54) is 9.21 Å². The molecule has 8 nitrogen and oxygen atoms in total. The number of hydrogen-bond donors (Lipinski definition) is 1. The zero-order chi connectivity index (χ0) is 24.1. The zero-order valence-electron chi connectivity index (χ0n) is 19.2. The van der Waals surface area contributed by atoms with E-state index in [4.69, 9.17) is 0 Å². The standard InChI is InChI=1S/C24H29N3O5S/c1-5-8-16-11-12-18-22-21(24(30)25(3)4)17(14-28)19(13-26(18)23(16)29)27(22)33(31,32)20-10-7-6-9-15(20)2/h5-12,17,19,21-22,28H,13-14H2,1-4H3/b8-5-/t17-,19-,21+,22+/m0/s1. The van der Waals surface area contributed by atoms with Crippen LogP contribution in [0.2, 0.25) is 0 Å². The number of sulfonamides is 1. The SMILES string of the molecule is C/C=C\c1ccc2n(c1=O)C[C@H]1[C@H](CO)[C@@H](C(=O)N(C)C)[C@@H]2N1S(=O)(=O)c1ccccc1C. The fourth-order valence-corrected chi connectivity index (χ4v) is 7.32. The Morgan fingerprint density at radius 1 is 1.21 bits per heavy atom. The molecule has 176 valence electrons. The van der Waals surface area contributed by atoms with E-state index in [1.54, 1.807) is 74.1 Å². The molecule has 1 N–H and O–H groups in total. The summed E-state index contributed by atoms with van der Waals surface area (Å²) < 4.78 is 30.8. The highest BCUT2D eigenvalue weighted by Gasteiger charge is 2.60. The van der Waals surface area contributed by atoms with Crippen LogP contribution in [0.1, 0.15) is 29.8 Å². The number of hydrogen-bond acceptors (Lipinski definition) is 5. The van der Waals surface area contributed by atoms with Gasteiger partial charge in [0.05, 0.1) is 16.9 Å². The Bertz CT molecular complexity index is 1280. The number of carbonyl (C=O) groups is 1. The summed E-state index contributed by atoms with van der Waals surface area (Å²) in [4.78, 5) is 28.1. The van der Waals surface area contributed by atoms with E-state index in [0.717, 1.165) is 0 Å². The highest BCUT2D eigenvalue weighted by atomic mass is 32.2. The fraction of sp³-hybridized carbons (Fsp3) is 0.417. The first-order valence-corrected chi connectivity index (χ1v) is 12.4. The Morgan fingerprint density at radius 3 is 2.52 bits per heavy atom. The van der Waals surface area contributed by atoms with E-state index >= 15 is 0 Å². The van der Waals surface area contributed by atoms with E-state index in [2.05, 4.69) is 0 Å². The quantitative estimate of drug-likeness (QED) is 0.715. The van der Waals surface area contributed by atoms with Gasteiger partial charge in [-0.3, -0.25) is 9.59 Å². The van der Waals surface area contributed by atoms with E-state index in [9.17, 15) is 23.1 Å². The minimum Gasteiger partial charge on any atom is -0.396 e. The maximum absolute atomic E-state index is 14.0. The minimum atomic E-state index is -4.02. The lowest BCUT2D eigenvalue weighted by atomic mass is 9.86. The van der Waals surface area contributed by atoms with Crippen molar-refractivity contribution in [3.63, 3.8) is 0 Å². The van der Waals surface area contributed by atoms with Crippen molar-refractivity contribution in [3.8, 4) is 0 Å². The van der Waals surface area contributed by atoms with Gasteiger partial charge in [0.25, 0.3) is 5.56 Å². The predicted molar refractivity (Wildman–Crippen MR) is 125 cm³/mol. The average molecular weight is 472 g/mol. The first-order chi connectivity index (χ1) is 15.6. The second-order valence-electron chi connectivity index (χ2n) is 8.85. The fourth-order valence-electron chi connectivity index (χ4n) is 5.25. The monoisotopic (exact) mass is 471 g/mol. The number of benzene rings is 1. The molecule has 0 radical (unpaired) electrons. The molecule has 2 aliphatic heterocycles. The van der Waals surface area contributed by atoms with Gasteiger partial charge < -0.3 is 14.6 Å². The molecule has 4 rings (SSSR count). The van der Waals surface area contributed by atoms with Crippen molar-refractivity contribution in [2.45, 2.75) is 37.4 Å². The van der Waals surface area contributed by atoms with Crippen LogP contribution in [-0.4, -0.2) is 59.9 Å². The molecule has 1 aromatic carbocycles. The largest absolute Gasteiger partial charge is 0.396 e. The summed E-state index contributed by atoms with van der Waals surface area (Å²) in [7, 11) is -0.792. The number of carbonyl (C=O) groups excluding carboxylic acids is 1. The molecule has 0 unspecified atom stereocenters. The lowest BCUT2D eigenvalue weighted by Gasteiger charge is -2.37. The second kappa shape index (κ2) is 8.55. The molecule has 1 fully saturated rings. The Hall–Kier alpha value is -2.75. The number of rotatable bonds is 5. The second-order valence-corrected chi connectivity index (χ2v) is 10.7. The van der Waals surface area contributed by atoms with Gasteiger partial charge in [0.1, 0.15) is 0 Å². The molecule has 2 aromatic rings. The molecule has 1 saturated heterocycles. The van der Waals surface area contributed by atoms with Crippen molar-refractivity contribution in [1.82, 2.24) is 13.8 Å². The van der Waals surface area contributed by atoms with Crippen molar-refractivity contribution in [2.24, 2.45) is 11.8 Å². The zero-order valence-corrected chi connectivity index (χ0v) is 20.0. The molecule has 1 aromatic heterocycles. The summed E-state index contributed by atoms with van der Waals surface area (Å²) in [6.45, 7) is 3.25. The van der Waals surface area contributed by atoms with E-state index < -0.39 is 33.9 Å². The first-order valence-electron chi connectivity index (χ1n) is 10.9. The van der Waals surface area contributed by atoms with Gasteiger partial charge in [-0.05, 0) is 37.6 Å². The van der Waals surface area contributed by atoms with Crippen molar-refractivity contribution < 1.29 is 18.3 Å². The molecular weight excluding hydrogens is 442 g/mol. The van der Waals surface area contributed by atoms with Gasteiger partial charge in [0, 0.05) is 50.5 Å². The highest BCUT2D eigenvalue weighted by Crippen LogP contribution is 2.51. The molecule has 3 heterocycles. The van der Waals surface area contributed by atoms with Gasteiger partial charge in [0.2, 0.25) is 15.9 Å². The van der Waals surface area contributed by atoms with Gasteiger partial charge in [-0.25, -0.2) is 8.42 Å². The molecule has 0 aliphatic carbocycles. The maximum Gasteiger partial charge on any atom is 0.258 e. The van der Waals surface area contributed by atoms with Crippen LogP contribution < -0.4 is 5.56 Å². The van der Waals surface area contributed by atoms with Gasteiger partial charge in [0.15, 0.2) is 0 Å². The van der Waals surface area contributed by atoms with Crippen LogP contribution in [0.3, 0.4) is 0 Å². The molecule has 2 aliphatic rings. The number of fused-ring (bicyclic) bond motifs is 4. The Labute approximate surface area is 193 Å². The lowest BCUT2D eigenvalue weighted by Crippen LogP contribution is -2.49. The maximum atomic E-state index is 14.0. The number of pyridine rings is 1. The third-order valence-electron chi connectivity index (χ3n) is 6.74. The number of aliphatic hydroxyl groups is 1. The van der Waals surface area contributed by atoms with Crippen molar-refractivity contribution in [2.75, 3.05) is 20.7 Å². The number of nitrogens with zero attached hydrogens (tertiary/aromatic N) is 3. The molecule has 33 heavy (non-hydrogen) atoms. The van der Waals surface area contributed by atoms with E-state index in [1.807, 2.05) is 6.92 Å². The van der Waals surface area contributed by atoms with Gasteiger partial charge in [-0.2, -0.15) is 4.31 Å². The molecular formula is C24H29N3O5S. The summed E-state index contributed by atoms with van der Waals surface area (Å²) in [6.07, 6.45) is 3.48. The molecule has 4 atom stereocenters. The molecule has 9 heteroatoms. The Kier molecular flexibility index (Phi) is 6.07. The topological polar surface area (TPSA) is 99.9 Å². The summed E-state index contributed by atoms with van der Waals surface area (Å²) in [5.74, 6) is -1.73. The lowest BCUT2D eigenvalue weighted by molar-refractivity contribution is -0.135. The van der Waals surface area contributed by atoms with Crippen LogP contribution >= 0.6 is 0 Å². The third-order valence-corrected chi connectivity index (χ3v) is 8.81. The van der Waals surface area contributed by atoms with Crippen LogP contribution in [0.25, 0.3) is 6.08 Å². The van der Waals surface area contributed by atoms with Gasteiger partial charge in [-0.1, -0.05) is 30.4 Å². The first kappa shape index (κ1) is 23.4. The molecule has 0 saturated carbocycles. The van der Waals surface area contributed by atoms with Crippen molar-refractivity contribution in [1.29, 1.82) is 0 Å². The highest BCUT2D eigenvalue weighted by molar-refractivity contribution is 7.89. The Balaban J connectivity index is 1.98. The van der Waals surface area contributed by atoms with Crippen molar-refractivity contribution in [3.05, 3.63) is 69.6 Å². The predicted octanol–water partition coefficient (Wildman–Crippen LogP) is 1.63. The van der Waals surface area contributed by atoms with E-state index in [0.29, 0.717) is 16.8 Å². The number of aryl methyl sites for hydroxylation is 1. The summed E-state index contributed by atoms with van der Waals surface area (Å²) >= 11 is 0. The smallest absolute Gasteiger partial charge is 0.258 e. The van der Waals surface area contributed by atoms with Gasteiger partial charge in [-0.15, -0.1) is 0 Å². The normalized spacial score (nSPS) is 24.8. The summed E-state index contributed by atoms with van der Waals surface area (Å²) in [5.41, 5.74) is 1.33. The van der Waals surface area contributed by atoms with Gasteiger partial charge >= 0.3 is 0 Å². The van der Waals surface area contributed by atoms with Crippen molar-refractivity contribution >= 4 is 22.0 Å². The van der Waals surface area contributed by atoms with Crippen LogP contribution in [0.4, 0.5) is 0 Å². The minimum absolute atomic E-state index is 0.0730. The van der Waals surface area contributed by atoms with Crippen LogP contribution in [0.15, 0.2) is 52.2 Å². The third kappa shape index (κ3) is 3.55.